The Morgan fingerprint density at radius 2 is 1.55 bits per heavy atom. The van der Waals surface area contributed by atoms with E-state index in [-0.39, 0.29) is 0 Å². The number of aromatic nitrogens is 3. The number of nitrogens with one attached hydrogen (secondary N) is 1. The molecule has 1 aromatic heterocycles. The molecule has 0 bridgehead atoms. The van der Waals surface area contributed by atoms with Crippen LogP contribution in [0.1, 0.15) is 40.0 Å². The summed E-state index contributed by atoms with van der Waals surface area (Å²) in [6.07, 6.45) is 3.20. The number of hydrogen-bond acceptors (Lipinski definition) is 6. The second kappa shape index (κ2) is 7.87. The summed E-state index contributed by atoms with van der Waals surface area (Å²) >= 11 is 0. The number of anilines is 3. The van der Waals surface area contributed by atoms with Gasteiger partial charge in [-0.3, -0.25) is 0 Å². The molecule has 0 atom stereocenters. The van der Waals surface area contributed by atoms with Crippen LogP contribution in [-0.4, -0.2) is 48.7 Å². The summed E-state index contributed by atoms with van der Waals surface area (Å²) in [4.78, 5) is 17.6. The minimum Gasteiger partial charge on any atom is -0.354 e. The highest BCUT2D eigenvalue weighted by Gasteiger charge is 2.16. The van der Waals surface area contributed by atoms with Gasteiger partial charge in [0.1, 0.15) is 0 Å². The van der Waals surface area contributed by atoms with Crippen molar-refractivity contribution in [1.29, 1.82) is 0 Å². The van der Waals surface area contributed by atoms with E-state index in [9.17, 15) is 0 Å². The molecule has 0 amide bonds. The van der Waals surface area contributed by atoms with Crippen molar-refractivity contribution in [2.75, 3.05) is 42.8 Å². The number of hydrogen-bond donors (Lipinski definition) is 1. The molecule has 6 heteroatoms. The van der Waals surface area contributed by atoms with Gasteiger partial charge in [0.05, 0.1) is 0 Å². The van der Waals surface area contributed by atoms with Crippen LogP contribution in [-0.2, 0) is 0 Å². The van der Waals surface area contributed by atoms with E-state index < -0.39 is 0 Å². The largest absolute Gasteiger partial charge is 0.354 e. The van der Waals surface area contributed by atoms with E-state index in [1.54, 1.807) is 0 Å². The Balaban J connectivity index is 3.07. The molecule has 0 saturated carbocycles. The summed E-state index contributed by atoms with van der Waals surface area (Å²) in [5, 5.41) is 3.24. The van der Waals surface area contributed by atoms with Crippen molar-refractivity contribution in [3.8, 4) is 0 Å². The maximum absolute atomic E-state index is 4.55. The molecule has 0 spiro atoms. The third-order valence-electron chi connectivity index (χ3n) is 3.35. The highest BCUT2D eigenvalue weighted by molar-refractivity contribution is 5.44. The molecule has 114 valence electrons. The summed E-state index contributed by atoms with van der Waals surface area (Å²) in [7, 11) is 5.94. The molecule has 6 nitrogen and oxygen atoms in total. The Morgan fingerprint density at radius 3 is 2.05 bits per heavy atom. The van der Waals surface area contributed by atoms with Crippen LogP contribution < -0.4 is 15.1 Å². The summed E-state index contributed by atoms with van der Waals surface area (Å²) in [6, 6.07) is 0.450. The SMILES string of the molecule is CCCNc1nc(N(C)C)nc(N(C)C(CC)CC)n1. The van der Waals surface area contributed by atoms with Gasteiger partial charge in [-0.25, -0.2) is 0 Å². The summed E-state index contributed by atoms with van der Waals surface area (Å²) in [5.74, 6) is 2.07. The van der Waals surface area contributed by atoms with Crippen LogP contribution in [0.15, 0.2) is 0 Å². The second-order valence-corrected chi connectivity index (χ2v) is 5.16. The van der Waals surface area contributed by atoms with Gasteiger partial charge >= 0.3 is 0 Å². The fraction of sp³-hybridized carbons (Fsp3) is 0.786. The van der Waals surface area contributed by atoms with Gasteiger partial charge in [-0.05, 0) is 19.3 Å². The van der Waals surface area contributed by atoms with Gasteiger partial charge in [-0.2, -0.15) is 15.0 Å². The van der Waals surface area contributed by atoms with E-state index in [2.05, 4.69) is 53.0 Å². The average Bonchev–Trinajstić information content (AvgIpc) is 2.45. The van der Waals surface area contributed by atoms with Crippen molar-refractivity contribution < 1.29 is 0 Å². The molecule has 0 radical (unpaired) electrons. The predicted octanol–water partition coefficient (Wildman–Crippen LogP) is 2.38. The smallest absolute Gasteiger partial charge is 0.231 e. The summed E-state index contributed by atoms with van der Waals surface area (Å²) in [5.41, 5.74) is 0. The zero-order valence-corrected chi connectivity index (χ0v) is 13.6. The van der Waals surface area contributed by atoms with Crippen LogP contribution in [0.2, 0.25) is 0 Å². The van der Waals surface area contributed by atoms with E-state index in [4.69, 9.17) is 0 Å². The molecule has 1 heterocycles. The monoisotopic (exact) mass is 280 g/mol. The van der Waals surface area contributed by atoms with Gasteiger partial charge in [0.2, 0.25) is 17.8 Å². The van der Waals surface area contributed by atoms with Crippen LogP contribution in [0.3, 0.4) is 0 Å². The van der Waals surface area contributed by atoms with Gasteiger partial charge in [-0.1, -0.05) is 20.8 Å². The van der Waals surface area contributed by atoms with Crippen LogP contribution in [0.25, 0.3) is 0 Å². The lowest BCUT2D eigenvalue weighted by atomic mass is 10.1. The lowest BCUT2D eigenvalue weighted by Crippen LogP contribution is -2.32. The lowest BCUT2D eigenvalue weighted by molar-refractivity contribution is 0.580. The van der Waals surface area contributed by atoms with Gasteiger partial charge in [0.15, 0.2) is 0 Å². The maximum atomic E-state index is 4.55. The first-order chi connectivity index (χ1) is 9.53. The van der Waals surface area contributed by atoms with E-state index in [1.807, 2.05) is 19.0 Å². The standard InChI is InChI=1S/C14H28N6/c1-7-10-15-12-16-13(19(4)5)18-14(17-12)20(6)11(8-2)9-3/h11H,7-10H2,1-6H3,(H,15,16,17,18). The molecule has 20 heavy (non-hydrogen) atoms. The second-order valence-electron chi connectivity index (χ2n) is 5.16. The highest BCUT2D eigenvalue weighted by atomic mass is 15.3. The number of rotatable bonds is 8. The normalized spacial score (nSPS) is 10.8. The van der Waals surface area contributed by atoms with Crippen molar-refractivity contribution >= 4 is 17.8 Å². The Morgan fingerprint density at radius 1 is 0.950 bits per heavy atom. The minimum absolute atomic E-state index is 0.450. The average molecular weight is 280 g/mol. The van der Waals surface area contributed by atoms with E-state index in [0.29, 0.717) is 17.9 Å². The molecule has 0 unspecified atom stereocenters. The highest BCUT2D eigenvalue weighted by Crippen LogP contribution is 2.18. The van der Waals surface area contributed by atoms with Crippen LogP contribution in [0.5, 0.6) is 0 Å². The lowest BCUT2D eigenvalue weighted by Gasteiger charge is -2.27. The topological polar surface area (TPSA) is 57.2 Å². The van der Waals surface area contributed by atoms with Gasteiger partial charge in [0.25, 0.3) is 0 Å². The van der Waals surface area contributed by atoms with Gasteiger partial charge in [-0.15, -0.1) is 0 Å². The fourth-order valence-corrected chi connectivity index (χ4v) is 2.03. The zero-order chi connectivity index (χ0) is 15.1. The number of nitrogens with zero attached hydrogens (tertiary/aromatic N) is 5. The molecule has 0 aliphatic rings. The minimum atomic E-state index is 0.450. The molecule has 1 rings (SSSR count). The van der Waals surface area contributed by atoms with Crippen LogP contribution >= 0.6 is 0 Å². The van der Waals surface area contributed by atoms with Crippen molar-refractivity contribution in [3.05, 3.63) is 0 Å². The Bertz CT molecular complexity index is 403. The summed E-state index contributed by atoms with van der Waals surface area (Å²) < 4.78 is 0. The van der Waals surface area contributed by atoms with Crippen LogP contribution in [0, 0.1) is 0 Å². The van der Waals surface area contributed by atoms with E-state index in [0.717, 1.165) is 31.8 Å². The maximum Gasteiger partial charge on any atom is 0.231 e. The first-order valence-electron chi connectivity index (χ1n) is 7.43. The molecule has 0 aliphatic heterocycles. The Kier molecular flexibility index (Phi) is 6.48. The quantitative estimate of drug-likeness (QED) is 0.789. The molecule has 0 saturated heterocycles. The van der Waals surface area contributed by atoms with Crippen molar-refractivity contribution in [2.24, 2.45) is 0 Å². The van der Waals surface area contributed by atoms with Crippen molar-refractivity contribution in [3.63, 3.8) is 0 Å². The molecule has 1 N–H and O–H groups in total. The zero-order valence-electron chi connectivity index (χ0n) is 13.6. The first kappa shape index (κ1) is 16.5. The van der Waals surface area contributed by atoms with Crippen LogP contribution in [0.4, 0.5) is 17.8 Å². The predicted molar refractivity (Wildman–Crippen MR) is 85.7 cm³/mol. The van der Waals surface area contributed by atoms with Crippen molar-refractivity contribution in [1.82, 2.24) is 15.0 Å². The van der Waals surface area contributed by atoms with E-state index >= 15 is 0 Å². The first-order valence-corrected chi connectivity index (χ1v) is 7.43. The van der Waals surface area contributed by atoms with Crippen molar-refractivity contribution in [2.45, 2.75) is 46.1 Å². The Hall–Kier alpha value is -1.59. The summed E-state index contributed by atoms with van der Waals surface area (Å²) in [6.45, 7) is 7.37. The molecular formula is C14H28N6. The molecule has 0 aromatic carbocycles. The molecule has 0 fully saturated rings. The van der Waals surface area contributed by atoms with Gasteiger partial charge in [0, 0.05) is 33.7 Å². The Labute approximate surface area is 122 Å². The molecule has 1 aromatic rings. The molecule has 0 aliphatic carbocycles. The van der Waals surface area contributed by atoms with E-state index in [1.165, 1.54) is 0 Å². The molecular weight excluding hydrogens is 252 g/mol. The fourth-order valence-electron chi connectivity index (χ4n) is 2.03. The third-order valence-corrected chi connectivity index (χ3v) is 3.35. The van der Waals surface area contributed by atoms with Gasteiger partial charge < -0.3 is 15.1 Å². The third kappa shape index (κ3) is 4.21.